The number of benzene rings is 1. The van der Waals surface area contributed by atoms with Gasteiger partial charge in [-0.25, -0.2) is 4.98 Å². The molecule has 0 fully saturated rings. The summed E-state index contributed by atoms with van der Waals surface area (Å²) in [5.41, 5.74) is 3.03. The fourth-order valence-electron chi connectivity index (χ4n) is 2.81. The highest BCUT2D eigenvalue weighted by Crippen LogP contribution is 2.26. The summed E-state index contributed by atoms with van der Waals surface area (Å²) < 4.78 is 16.7. The predicted octanol–water partition coefficient (Wildman–Crippen LogP) is 3.64. The second-order valence-electron chi connectivity index (χ2n) is 5.70. The lowest BCUT2D eigenvalue weighted by Crippen LogP contribution is -2.25. The molecule has 5 nitrogen and oxygen atoms in total. The van der Waals surface area contributed by atoms with Crippen LogP contribution in [0.5, 0.6) is 5.75 Å². The van der Waals surface area contributed by atoms with E-state index in [1.54, 1.807) is 12.5 Å². The first kappa shape index (κ1) is 14.1. The Hall–Kier alpha value is -2.53. The molecule has 118 valence electrons. The molecule has 4 rings (SSSR count). The summed E-state index contributed by atoms with van der Waals surface area (Å²) in [4.78, 5) is 6.95. The lowest BCUT2D eigenvalue weighted by atomic mass is 10.2. The van der Waals surface area contributed by atoms with Crippen molar-refractivity contribution in [2.45, 2.75) is 20.0 Å². The van der Waals surface area contributed by atoms with Gasteiger partial charge in [-0.2, -0.15) is 0 Å². The largest absolute Gasteiger partial charge is 0.492 e. The van der Waals surface area contributed by atoms with Crippen molar-refractivity contribution in [2.75, 3.05) is 13.2 Å². The lowest BCUT2D eigenvalue weighted by Gasteiger charge is -2.17. The molecule has 3 heterocycles. The van der Waals surface area contributed by atoms with Gasteiger partial charge in [-0.3, -0.25) is 4.90 Å². The number of rotatable bonds is 3. The molecule has 0 saturated carbocycles. The third kappa shape index (κ3) is 2.87. The molecule has 0 spiro atoms. The number of hydrogen-bond acceptors (Lipinski definition) is 5. The SMILES string of the molecule is Cc1oc(-c2ccoc2)nc1CN1CCOc2ccccc2C1. The second kappa shape index (κ2) is 5.93. The molecule has 0 atom stereocenters. The second-order valence-corrected chi connectivity index (χ2v) is 5.70. The summed E-state index contributed by atoms with van der Waals surface area (Å²) in [6, 6.07) is 10.0. The molecule has 0 unspecified atom stereocenters. The monoisotopic (exact) mass is 310 g/mol. The minimum absolute atomic E-state index is 0.609. The van der Waals surface area contributed by atoms with E-state index in [1.807, 2.05) is 31.2 Å². The van der Waals surface area contributed by atoms with E-state index in [2.05, 4.69) is 16.0 Å². The number of furan rings is 1. The molecule has 1 aromatic carbocycles. The van der Waals surface area contributed by atoms with Crippen LogP contribution < -0.4 is 4.74 Å². The van der Waals surface area contributed by atoms with Gasteiger partial charge >= 0.3 is 0 Å². The molecule has 0 bridgehead atoms. The van der Waals surface area contributed by atoms with Gasteiger partial charge in [0, 0.05) is 25.2 Å². The predicted molar refractivity (Wildman–Crippen MR) is 85.0 cm³/mol. The molecule has 2 aromatic heterocycles. The topological polar surface area (TPSA) is 51.6 Å². The van der Waals surface area contributed by atoms with E-state index in [4.69, 9.17) is 13.6 Å². The molecule has 3 aromatic rings. The number of para-hydroxylation sites is 1. The van der Waals surface area contributed by atoms with Gasteiger partial charge < -0.3 is 13.6 Å². The molecule has 0 amide bonds. The van der Waals surface area contributed by atoms with Gasteiger partial charge in [0.15, 0.2) is 0 Å². The Morgan fingerprint density at radius 3 is 3.00 bits per heavy atom. The highest BCUT2D eigenvalue weighted by molar-refractivity contribution is 5.51. The van der Waals surface area contributed by atoms with Crippen LogP contribution in [0.3, 0.4) is 0 Å². The Bertz CT molecular complexity index is 792. The van der Waals surface area contributed by atoms with Crippen molar-refractivity contribution in [1.29, 1.82) is 0 Å². The summed E-state index contributed by atoms with van der Waals surface area (Å²) in [7, 11) is 0. The van der Waals surface area contributed by atoms with Crippen molar-refractivity contribution in [1.82, 2.24) is 9.88 Å². The molecule has 0 saturated heterocycles. The zero-order chi connectivity index (χ0) is 15.6. The summed E-state index contributed by atoms with van der Waals surface area (Å²) >= 11 is 0. The summed E-state index contributed by atoms with van der Waals surface area (Å²) in [6.07, 6.45) is 3.27. The van der Waals surface area contributed by atoms with E-state index in [1.165, 1.54) is 5.56 Å². The van der Waals surface area contributed by atoms with Crippen molar-refractivity contribution in [3.8, 4) is 17.2 Å². The van der Waals surface area contributed by atoms with Crippen LogP contribution in [0.15, 0.2) is 51.7 Å². The van der Waals surface area contributed by atoms with Crippen LogP contribution in [0, 0.1) is 6.92 Å². The number of aromatic nitrogens is 1. The van der Waals surface area contributed by atoms with E-state index in [9.17, 15) is 0 Å². The highest BCUT2D eigenvalue weighted by atomic mass is 16.5. The van der Waals surface area contributed by atoms with Crippen LogP contribution in [0.1, 0.15) is 17.0 Å². The number of aryl methyl sites for hydroxylation is 1. The number of hydrogen-bond donors (Lipinski definition) is 0. The van der Waals surface area contributed by atoms with Gasteiger partial charge in [0.1, 0.15) is 24.4 Å². The van der Waals surface area contributed by atoms with E-state index in [-0.39, 0.29) is 0 Å². The Kier molecular flexibility index (Phi) is 3.63. The maximum Gasteiger partial charge on any atom is 0.229 e. The van der Waals surface area contributed by atoms with Crippen LogP contribution in [0.25, 0.3) is 11.5 Å². The van der Waals surface area contributed by atoms with Crippen molar-refractivity contribution in [2.24, 2.45) is 0 Å². The lowest BCUT2D eigenvalue weighted by molar-refractivity contribution is 0.217. The molecular weight excluding hydrogens is 292 g/mol. The zero-order valence-electron chi connectivity index (χ0n) is 13.0. The van der Waals surface area contributed by atoms with E-state index in [0.717, 1.165) is 42.4 Å². The normalized spacial score (nSPS) is 15.0. The third-order valence-electron chi connectivity index (χ3n) is 4.07. The van der Waals surface area contributed by atoms with Gasteiger partial charge in [-0.1, -0.05) is 18.2 Å². The molecule has 1 aliphatic heterocycles. The van der Waals surface area contributed by atoms with Gasteiger partial charge in [0.2, 0.25) is 5.89 Å². The quantitative estimate of drug-likeness (QED) is 0.739. The van der Waals surface area contributed by atoms with Crippen LogP contribution >= 0.6 is 0 Å². The highest BCUT2D eigenvalue weighted by Gasteiger charge is 2.19. The Morgan fingerprint density at radius 2 is 2.13 bits per heavy atom. The maximum atomic E-state index is 5.81. The first-order valence-corrected chi connectivity index (χ1v) is 7.71. The van der Waals surface area contributed by atoms with Crippen LogP contribution in [0.2, 0.25) is 0 Å². The van der Waals surface area contributed by atoms with E-state index in [0.29, 0.717) is 12.5 Å². The molecule has 0 radical (unpaired) electrons. The Morgan fingerprint density at radius 1 is 1.22 bits per heavy atom. The smallest absolute Gasteiger partial charge is 0.229 e. The number of oxazole rings is 1. The average Bonchev–Trinajstić information content (AvgIpc) is 3.14. The van der Waals surface area contributed by atoms with Gasteiger partial charge in [-0.05, 0) is 19.1 Å². The third-order valence-corrected chi connectivity index (χ3v) is 4.07. The first-order chi connectivity index (χ1) is 11.3. The van der Waals surface area contributed by atoms with Crippen molar-refractivity contribution >= 4 is 0 Å². The number of nitrogens with zero attached hydrogens (tertiary/aromatic N) is 2. The van der Waals surface area contributed by atoms with Crippen molar-refractivity contribution in [3.63, 3.8) is 0 Å². The first-order valence-electron chi connectivity index (χ1n) is 7.71. The molecular formula is C18H18N2O3. The molecule has 23 heavy (non-hydrogen) atoms. The summed E-state index contributed by atoms with van der Waals surface area (Å²) in [5.74, 6) is 2.43. The van der Waals surface area contributed by atoms with E-state index < -0.39 is 0 Å². The summed E-state index contributed by atoms with van der Waals surface area (Å²) in [6.45, 7) is 5.09. The van der Waals surface area contributed by atoms with Crippen LogP contribution in [0.4, 0.5) is 0 Å². The van der Waals surface area contributed by atoms with E-state index >= 15 is 0 Å². The summed E-state index contributed by atoms with van der Waals surface area (Å²) in [5, 5.41) is 0. The van der Waals surface area contributed by atoms with Crippen molar-refractivity contribution < 1.29 is 13.6 Å². The van der Waals surface area contributed by atoms with Crippen molar-refractivity contribution in [3.05, 3.63) is 59.9 Å². The number of ether oxygens (including phenoxy) is 1. The van der Waals surface area contributed by atoms with Crippen LogP contribution in [-0.4, -0.2) is 23.0 Å². The Balaban J connectivity index is 1.54. The standard InChI is InChI=1S/C18H18N2O3/c1-13-16(19-18(23-13)15-6-8-21-12-15)11-20-7-9-22-17-5-3-2-4-14(17)10-20/h2-6,8,12H,7,9-11H2,1H3. The number of fused-ring (bicyclic) bond motifs is 1. The van der Waals surface area contributed by atoms with Gasteiger partial charge in [0.25, 0.3) is 0 Å². The fourth-order valence-corrected chi connectivity index (χ4v) is 2.81. The Labute approximate surface area is 134 Å². The van der Waals surface area contributed by atoms with Gasteiger partial charge in [-0.15, -0.1) is 0 Å². The zero-order valence-corrected chi connectivity index (χ0v) is 13.0. The van der Waals surface area contributed by atoms with Crippen LogP contribution in [-0.2, 0) is 13.1 Å². The molecule has 5 heteroatoms. The average molecular weight is 310 g/mol. The molecule has 0 aliphatic carbocycles. The minimum Gasteiger partial charge on any atom is -0.492 e. The minimum atomic E-state index is 0.609. The molecule has 1 aliphatic rings. The maximum absolute atomic E-state index is 5.81. The fraction of sp³-hybridized carbons (Fsp3) is 0.278. The van der Waals surface area contributed by atoms with Gasteiger partial charge in [0.05, 0.1) is 17.5 Å². The molecule has 0 N–H and O–H groups in total.